The van der Waals surface area contributed by atoms with Crippen LogP contribution in [0.25, 0.3) is 0 Å². The van der Waals surface area contributed by atoms with Crippen molar-refractivity contribution in [3.8, 4) is 6.07 Å². The number of benzene rings is 3. The molecule has 3 N–H and O–H groups in total. The van der Waals surface area contributed by atoms with Gasteiger partial charge in [0, 0.05) is 36.6 Å². The largest absolute Gasteiger partial charge is 0.339 e. The molecule has 224 valence electrons. The summed E-state index contributed by atoms with van der Waals surface area (Å²) in [6.45, 7) is 0.597. The summed E-state index contributed by atoms with van der Waals surface area (Å²) >= 11 is 6.38. The number of hydrogen-bond acceptors (Lipinski definition) is 8. The van der Waals surface area contributed by atoms with Crippen molar-refractivity contribution in [3.63, 3.8) is 0 Å². The van der Waals surface area contributed by atoms with Crippen molar-refractivity contribution < 1.29 is 13.2 Å². The number of carbonyl (C=O) groups is 1. The zero-order valence-electron chi connectivity index (χ0n) is 23.8. The lowest BCUT2D eigenvalue weighted by Gasteiger charge is -2.31. The third-order valence-electron chi connectivity index (χ3n) is 7.93. The number of piperidine rings is 1. The third-order valence-corrected chi connectivity index (χ3v) is 10.2. The van der Waals surface area contributed by atoms with Crippen molar-refractivity contribution in [3.05, 3.63) is 94.6 Å². The van der Waals surface area contributed by atoms with Gasteiger partial charge in [0.15, 0.2) is 5.82 Å². The van der Waals surface area contributed by atoms with E-state index in [-0.39, 0.29) is 28.7 Å². The van der Waals surface area contributed by atoms with E-state index >= 15 is 0 Å². The number of nitrogens with one attached hydrogen (secondary N) is 3. The SMILES string of the molecule is N#Cc1ccccc1S(=O)(=O)N1CCC(CC(=O)Nc2ccc3cc2CCc2cccc(c2)Nc2ncc(Cl)c(n2)N3)CC1. The van der Waals surface area contributed by atoms with Crippen LogP contribution in [0.3, 0.4) is 0 Å². The van der Waals surface area contributed by atoms with Gasteiger partial charge in [-0.05, 0) is 85.2 Å². The maximum atomic E-state index is 13.2. The minimum atomic E-state index is -3.78. The van der Waals surface area contributed by atoms with Crippen LogP contribution >= 0.6 is 11.6 Å². The summed E-state index contributed by atoms with van der Waals surface area (Å²) in [5, 5.41) is 19.4. The topological polar surface area (TPSA) is 140 Å². The molecule has 1 amide bonds. The van der Waals surface area contributed by atoms with Crippen molar-refractivity contribution in [2.75, 3.05) is 29.0 Å². The number of sulfonamides is 1. The molecule has 0 saturated carbocycles. The summed E-state index contributed by atoms with van der Waals surface area (Å²) in [5.41, 5.74) is 4.59. The zero-order valence-corrected chi connectivity index (χ0v) is 25.3. The maximum Gasteiger partial charge on any atom is 0.244 e. The first-order valence-corrected chi connectivity index (χ1v) is 16.2. The van der Waals surface area contributed by atoms with Gasteiger partial charge in [-0.3, -0.25) is 4.79 Å². The van der Waals surface area contributed by atoms with Crippen molar-refractivity contribution in [2.24, 2.45) is 5.92 Å². The first kappa shape index (κ1) is 29.6. The lowest BCUT2D eigenvalue weighted by Crippen LogP contribution is -2.39. The van der Waals surface area contributed by atoms with Gasteiger partial charge in [-0.15, -0.1) is 0 Å². The molecule has 6 bridgehead atoms. The summed E-state index contributed by atoms with van der Waals surface area (Å²) in [6.07, 6.45) is 4.39. The van der Waals surface area contributed by atoms with E-state index in [0.29, 0.717) is 49.1 Å². The van der Waals surface area contributed by atoms with Gasteiger partial charge in [0.1, 0.15) is 11.1 Å². The second-order valence-electron chi connectivity index (χ2n) is 10.9. The van der Waals surface area contributed by atoms with Gasteiger partial charge in [-0.1, -0.05) is 35.9 Å². The molecular formula is C32H30ClN7O3S. The summed E-state index contributed by atoms with van der Waals surface area (Å²) < 4.78 is 27.8. The molecule has 1 saturated heterocycles. The third kappa shape index (κ3) is 6.53. The van der Waals surface area contributed by atoms with Crippen molar-refractivity contribution >= 4 is 56.4 Å². The fourth-order valence-electron chi connectivity index (χ4n) is 5.60. The molecule has 0 aliphatic carbocycles. The monoisotopic (exact) mass is 627 g/mol. The number of nitriles is 1. The number of carbonyl (C=O) groups excluding carboxylic acids is 1. The standard InChI is InChI=1S/C32H30ClN7O3S/c33-27-20-35-32-37-25-6-3-4-21(16-25)8-9-23-18-26(36-31(27)39-32)10-11-28(23)38-30(41)17-22-12-14-40(15-13-22)44(42,43)29-7-2-1-5-24(29)19-34/h1-7,10-11,16,18,20,22H,8-9,12-15,17H2,(H,38,41)(H2,35,36,37,39). The Bertz CT molecular complexity index is 1870. The number of aromatic nitrogens is 2. The number of aryl methyl sites for hydroxylation is 2. The summed E-state index contributed by atoms with van der Waals surface area (Å²) in [6, 6.07) is 22.0. The van der Waals surface area contributed by atoms with E-state index < -0.39 is 10.0 Å². The predicted molar refractivity (Wildman–Crippen MR) is 170 cm³/mol. The number of amides is 1. The van der Waals surface area contributed by atoms with Crippen LogP contribution in [-0.2, 0) is 27.7 Å². The lowest BCUT2D eigenvalue weighted by molar-refractivity contribution is -0.117. The lowest BCUT2D eigenvalue weighted by atomic mass is 9.94. The first-order chi connectivity index (χ1) is 21.3. The van der Waals surface area contributed by atoms with E-state index in [0.717, 1.165) is 34.6 Å². The van der Waals surface area contributed by atoms with Crippen LogP contribution in [0.1, 0.15) is 36.0 Å². The normalized spacial score (nSPS) is 15.4. The minimum Gasteiger partial charge on any atom is -0.339 e. The fourth-order valence-corrected chi connectivity index (χ4v) is 7.36. The molecule has 2 aliphatic heterocycles. The highest BCUT2D eigenvalue weighted by molar-refractivity contribution is 7.89. The Morgan fingerprint density at radius 3 is 2.64 bits per heavy atom. The van der Waals surface area contributed by atoms with Gasteiger partial charge >= 0.3 is 0 Å². The molecule has 4 aromatic rings. The molecular weight excluding hydrogens is 598 g/mol. The van der Waals surface area contributed by atoms with E-state index in [1.165, 1.54) is 16.4 Å². The minimum absolute atomic E-state index is 0.0242. The Kier molecular flexibility index (Phi) is 8.48. The van der Waals surface area contributed by atoms with E-state index in [2.05, 4.69) is 38.1 Å². The van der Waals surface area contributed by atoms with Crippen LogP contribution in [-0.4, -0.2) is 41.7 Å². The number of anilines is 5. The predicted octanol–water partition coefficient (Wildman–Crippen LogP) is 6.02. The van der Waals surface area contributed by atoms with Crippen LogP contribution in [0.4, 0.5) is 28.8 Å². The molecule has 0 atom stereocenters. The molecule has 12 heteroatoms. The second-order valence-corrected chi connectivity index (χ2v) is 13.2. The molecule has 1 aromatic heterocycles. The van der Waals surface area contributed by atoms with Crippen molar-refractivity contribution in [1.29, 1.82) is 5.26 Å². The van der Waals surface area contributed by atoms with Crippen LogP contribution in [0, 0.1) is 17.2 Å². The van der Waals surface area contributed by atoms with Gasteiger partial charge < -0.3 is 16.0 Å². The number of hydrogen-bond donors (Lipinski definition) is 3. The Hall–Kier alpha value is -4.50. The summed E-state index contributed by atoms with van der Waals surface area (Å²) in [4.78, 5) is 22.1. The van der Waals surface area contributed by atoms with E-state index in [9.17, 15) is 18.5 Å². The Balaban J connectivity index is 1.15. The van der Waals surface area contributed by atoms with E-state index in [1.54, 1.807) is 18.3 Å². The average molecular weight is 628 g/mol. The maximum absolute atomic E-state index is 13.2. The summed E-state index contributed by atoms with van der Waals surface area (Å²) in [7, 11) is -3.78. The highest BCUT2D eigenvalue weighted by atomic mass is 35.5. The molecule has 10 nitrogen and oxygen atoms in total. The second kappa shape index (κ2) is 12.6. The number of fused-ring (bicyclic) bond motifs is 6. The van der Waals surface area contributed by atoms with E-state index in [1.807, 2.05) is 36.4 Å². The summed E-state index contributed by atoms with van der Waals surface area (Å²) in [5.74, 6) is 0.818. The number of nitrogens with zero attached hydrogens (tertiary/aromatic N) is 4. The highest BCUT2D eigenvalue weighted by Gasteiger charge is 2.31. The van der Waals surface area contributed by atoms with Crippen LogP contribution in [0.15, 0.2) is 77.8 Å². The van der Waals surface area contributed by atoms with Crippen LogP contribution in [0.5, 0.6) is 0 Å². The van der Waals surface area contributed by atoms with Crippen molar-refractivity contribution in [2.45, 2.75) is 37.0 Å². The average Bonchev–Trinajstić information content (AvgIpc) is 3.03. The quantitative estimate of drug-likeness (QED) is 0.244. The zero-order chi connectivity index (χ0) is 30.7. The van der Waals surface area contributed by atoms with Gasteiger partial charge in [-0.25, -0.2) is 13.4 Å². The molecule has 0 radical (unpaired) electrons. The smallest absolute Gasteiger partial charge is 0.244 e. The molecule has 2 aliphatic rings. The molecule has 1 fully saturated rings. The van der Waals surface area contributed by atoms with Gasteiger partial charge in [0.05, 0.1) is 16.7 Å². The molecule has 0 spiro atoms. The number of halogens is 1. The molecule has 6 rings (SSSR count). The highest BCUT2D eigenvalue weighted by Crippen LogP contribution is 2.31. The van der Waals surface area contributed by atoms with Crippen LogP contribution in [0.2, 0.25) is 5.02 Å². The molecule has 3 heterocycles. The van der Waals surface area contributed by atoms with Gasteiger partial charge in [0.2, 0.25) is 21.9 Å². The van der Waals surface area contributed by atoms with Crippen LogP contribution < -0.4 is 16.0 Å². The molecule has 44 heavy (non-hydrogen) atoms. The van der Waals surface area contributed by atoms with Gasteiger partial charge in [0.25, 0.3) is 0 Å². The van der Waals surface area contributed by atoms with E-state index in [4.69, 9.17) is 11.6 Å². The Labute approximate surface area is 261 Å². The number of rotatable bonds is 5. The first-order valence-electron chi connectivity index (χ1n) is 14.4. The molecule has 0 unspecified atom stereocenters. The Morgan fingerprint density at radius 2 is 1.82 bits per heavy atom. The van der Waals surface area contributed by atoms with Crippen molar-refractivity contribution in [1.82, 2.24) is 14.3 Å². The van der Waals surface area contributed by atoms with Gasteiger partial charge in [-0.2, -0.15) is 14.6 Å². The fraction of sp³-hybridized carbons (Fsp3) is 0.250. The molecule has 3 aromatic carbocycles. The Morgan fingerprint density at radius 1 is 1.02 bits per heavy atom.